The van der Waals surface area contributed by atoms with E-state index in [0.717, 1.165) is 57.8 Å². The van der Waals surface area contributed by atoms with Gasteiger partial charge in [0.2, 0.25) is 0 Å². The molecule has 2 fully saturated rings. The van der Waals surface area contributed by atoms with Gasteiger partial charge in [0.05, 0.1) is 6.10 Å². The molecule has 1 aromatic rings. The predicted molar refractivity (Wildman–Crippen MR) is 159 cm³/mol. The number of hydrogen-bond donors (Lipinski definition) is 2. The van der Waals surface area contributed by atoms with Crippen LogP contribution in [0.5, 0.6) is 11.5 Å². The molecule has 0 bridgehead atoms. The van der Waals surface area contributed by atoms with E-state index in [2.05, 4.69) is 19.1 Å². The zero-order valence-corrected chi connectivity index (χ0v) is 24.5. The maximum atomic E-state index is 12.5. The Morgan fingerprint density at radius 1 is 0.821 bits per heavy atom. The summed E-state index contributed by atoms with van der Waals surface area (Å²) in [5.41, 5.74) is 2.48. The molecule has 0 aliphatic heterocycles. The fraction of sp³-hybridized carbons (Fsp3) is 0.743. The van der Waals surface area contributed by atoms with Crippen LogP contribution in [0.2, 0.25) is 0 Å². The summed E-state index contributed by atoms with van der Waals surface area (Å²) in [6, 6.07) is 3.80. The molecule has 5 atom stereocenters. The van der Waals surface area contributed by atoms with Crippen LogP contribution >= 0.6 is 0 Å². The number of benzene rings is 1. The van der Waals surface area contributed by atoms with Crippen LogP contribution < -0.4 is 4.74 Å². The van der Waals surface area contributed by atoms with E-state index in [9.17, 15) is 15.0 Å². The maximum absolute atomic E-state index is 12.5. The van der Waals surface area contributed by atoms with Crippen molar-refractivity contribution < 1.29 is 19.7 Å². The highest BCUT2D eigenvalue weighted by atomic mass is 16.5. The van der Waals surface area contributed by atoms with Crippen molar-refractivity contribution in [2.24, 2.45) is 17.8 Å². The van der Waals surface area contributed by atoms with Gasteiger partial charge in [-0.15, -0.1) is 0 Å². The van der Waals surface area contributed by atoms with Crippen LogP contribution in [0.15, 0.2) is 24.3 Å². The molecule has 218 valence electrons. The second-order valence-electron chi connectivity index (χ2n) is 12.7. The van der Waals surface area contributed by atoms with Crippen molar-refractivity contribution in [1.29, 1.82) is 0 Å². The topological polar surface area (TPSA) is 66.8 Å². The van der Waals surface area contributed by atoms with Crippen LogP contribution in [0.4, 0.5) is 0 Å². The number of aliphatic hydroxyl groups excluding tert-OH is 1. The number of phenolic OH excluding ortho intramolecular Hbond substituents is 1. The molecule has 3 aliphatic rings. The molecule has 1 aromatic carbocycles. The SMILES string of the molecule is CCCCCCCC/C=C\CCCCCCCC(=O)Oc1cc2c(cc1O)C1CCC3C(O)CCC3C1CC2. The molecular formula is C35H54O4. The second kappa shape index (κ2) is 15.8. The van der Waals surface area contributed by atoms with Crippen LogP contribution in [0, 0.1) is 17.8 Å². The number of carbonyl (C=O) groups excluding carboxylic acids is 1. The average Bonchev–Trinajstić information content (AvgIpc) is 3.32. The Morgan fingerprint density at radius 3 is 2.23 bits per heavy atom. The van der Waals surface area contributed by atoms with Gasteiger partial charge in [-0.2, -0.15) is 0 Å². The zero-order valence-electron chi connectivity index (χ0n) is 24.5. The number of aryl methyl sites for hydroxylation is 1. The van der Waals surface area contributed by atoms with Crippen molar-refractivity contribution in [3.63, 3.8) is 0 Å². The van der Waals surface area contributed by atoms with Crippen molar-refractivity contribution in [3.8, 4) is 11.5 Å². The Bertz CT molecular complexity index is 921. The first-order valence-electron chi connectivity index (χ1n) is 16.5. The summed E-state index contributed by atoms with van der Waals surface area (Å²) in [4.78, 5) is 12.5. The number of aliphatic hydroxyl groups is 1. The molecule has 0 radical (unpaired) electrons. The largest absolute Gasteiger partial charge is 0.504 e. The first kappa shape index (κ1) is 30.2. The smallest absolute Gasteiger partial charge is 0.311 e. The van der Waals surface area contributed by atoms with Gasteiger partial charge in [-0.3, -0.25) is 4.79 Å². The fourth-order valence-electron chi connectivity index (χ4n) is 7.81. The van der Waals surface area contributed by atoms with Crippen LogP contribution in [0.3, 0.4) is 0 Å². The minimum Gasteiger partial charge on any atom is -0.504 e. The van der Waals surface area contributed by atoms with Gasteiger partial charge in [-0.1, -0.05) is 70.4 Å². The lowest BCUT2D eigenvalue weighted by atomic mass is 9.60. The van der Waals surface area contributed by atoms with E-state index in [1.165, 1.54) is 75.3 Å². The summed E-state index contributed by atoms with van der Waals surface area (Å²) in [5, 5.41) is 21.1. The third-order valence-corrected chi connectivity index (χ3v) is 9.95. The average molecular weight is 539 g/mol. The van der Waals surface area contributed by atoms with Gasteiger partial charge in [0.15, 0.2) is 11.5 Å². The molecule has 4 heteroatoms. The number of ether oxygens (including phenoxy) is 1. The lowest BCUT2D eigenvalue weighted by Crippen LogP contribution is -2.36. The van der Waals surface area contributed by atoms with Gasteiger partial charge in [0.25, 0.3) is 0 Å². The summed E-state index contributed by atoms with van der Waals surface area (Å²) in [6.07, 6.45) is 27.4. The van der Waals surface area contributed by atoms with Crippen molar-refractivity contribution >= 4 is 5.97 Å². The first-order valence-corrected chi connectivity index (χ1v) is 16.5. The Labute approximate surface area is 237 Å². The fourth-order valence-corrected chi connectivity index (χ4v) is 7.81. The zero-order chi connectivity index (χ0) is 27.5. The lowest BCUT2D eigenvalue weighted by Gasteiger charge is -2.44. The van der Waals surface area contributed by atoms with Gasteiger partial charge in [0.1, 0.15) is 0 Å². The third kappa shape index (κ3) is 8.59. The number of fused-ring (bicyclic) bond motifs is 5. The third-order valence-electron chi connectivity index (χ3n) is 9.95. The number of rotatable bonds is 16. The Morgan fingerprint density at radius 2 is 1.49 bits per heavy atom. The van der Waals surface area contributed by atoms with E-state index < -0.39 is 0 Å². The number of esters is 1. The Balaban J connectivity index is 1.09. The first-order chi connectivity index (χ1) is 19.1. The van der Waals surface area contributed by atoms with E-state index in [0.29, 0.717) is 35.8 Å². The van der Waals surface area contributed by atoms with Crippen LogP contribution in [0.25, 0.3) is 0 Å². The Hall–Kier alpha value is -1.81. The van der Waals surface area contributed by atoms with Gasteiger partial charge in [0, 0.05) is 6.42 Å². The van der Waals surface area contributed by atoms with E-state index in [4.69, 9.17) is 4.74 Å². The summed E-state index contributed by atoms with van der Waals surface area (Å²) < 4.78 is 5.62. The number of aromatic hydroxyl groups is 1. The number of unbranched alkanes of at least 4 members (excludes halogenated alkanes) is 11. The number of carbonyl (C=O) groups is 1. The van der Waals surface area contributed by atoms with Gasteiger partial charge in [-0.25, -0.2) is 0 Å². The highest BCUT2D eigenvalue weighted by Gasteiger charge is 2.47. The minimum atomic E-state index is -0.239. The molecule has 0 aromatic heterocycles. The number of allylic oxidation sites excluding steroid dienone is 2. The monoisotopic (exact) mass is 538 g/mol. The van der Waals surface area contributed by atoms with E-state index in [-0.39, 0.29) is 17.8 Å². The Kier molecular flexibility index (Phi) is 12.2. The number of hydrogen-bond acceptors (Lipinski definition) is 4. The molecule has 39 heavy (non-hydrogen) atoms. The summed E-state index contributed by atoms with van der Waals surface area (Å²) in [7, 11) is 0. The standard InChI is InChI=1S/C35H54O4/c1-2-3-4-5-6-7-8-9-10-11-12-13-14-15-16-17-35(38)39-34-24-26-18-19-27-28-22-23-32(36)30(28)21-20-29(27)31(26)25-33(34)37/h9-10,24-25,27-30,32,36-37H,2-8,11-23H2,1H3/b10-9-. The van der Waals surface area contributed by atoms with E-state index in [1.54, 1.807) is 0 Å². The van der Waals surface area contributed by atoms with Crippen molar-refractivity contribution in [1.82, 2.24) is 0 Å². The van der Waals surface area contributed by atoms with Crippen LogP contribution in [-0.2, 0) is 11.2 Å². The number of phenols is 1. The van der Waals surface area contributed by atoms with E-state index in [1.807, 2.05) is 12.1 Å². The molecule has 0 spiro atoms. The molecule has 3 aliphatic carbocycles. The van der Waals surface area contributed by atoms with Crippen molar-refractivity contribution in [2.45, 2.75) is 147 Å². The second-order valence-corrected chi connectivity index (χ2v) is 12.7. The molecular weight excluding hydrogens is 484 g/mol. The molecule has 0 heterocycles. The van der Waals surface area contributed by atoms with Crippen molar-refractivity contribution in [2.75, 3.05) is 0 Å². The molecule has 0 amide bonds. The molecule has 4 nitrogen and oxygen atoms in total. The predicted octanol–water partition coefficient (Wildman–Crippen LogP) is 9.16. The quantitative estimate of drug-likeness (QED) is 0.0953. The van der Waals surface area contributed by atoms with Crippen LogP contribution in [-0.4, -0.2) is 22.3 Å². The van der Waals surface area contributed by atoms with Crippen molar-refractivity contribution in [3.05, 3.63) is 35.4 Å². The minimum absolute atomic E-state index is 0.0980. The highest BCUT2D eigenvalue weighted by molar-refractivity contribution is 5.73. The summed E-state index contributed by atoms with van der Waals surface area (Å²) in [6.45, 7) is 2.27. The summed E-state index contributed by atoms with van der Waals surface area (Å²) in [5.74, 6) is 2.36. The van der Waals surface area contributed by atoms with Gasteiger partial charge in [-0.05, 0) is 118 Å². The van der Waals surface area contributed by atoms with Crippen LogP contribution in [0.1, 0.15) is 146 Å². The van der Waals surface area contributed by atoms with E-state index >= 15 is 0 Å². The molecule has 4 rings (SSSR count). The molecule has 2 N–H and O–H groups in total. The lowest BCUT2D eigenvalue weighted by molar-refractivity contribution is -0.134. The van der Waals surface area contributed by atoms with Gasteiger partial charge >= 0.3 is 5.97 Å². The highest BCUT2D eigenvalue weighted by Crippen LogP contribution is 2.56. The van der Waals surface area contributed by atoms with Gasteiger partial charge < -0.3 is 14.9 Å². The molecule has 0 saturated heterocycles. The molecule has 5 unspecified atom stereocenters. The summed E-state index contributed by atoms with van der Waals surface area (Å²) >= 11 is 0. The normalized spacial score (nSPS) is 25.8. The molecule has 2 saturated carbocycles. The maximum Gasteiger partial charge on any atom is 0.311 e.